The van der Waals surface area contributed by atoms with E-state index >= 15 is 0 Å². The predicted molar refractivity (Wildman–Crippen MR) is 125 cm³/mol. The molecule has 1 fully saturated rings. The monoisotopic (exact) mass is 523 g/mol. The highest BCUT2D eigenvalue weighted by Gasteiger charge is 2.26. The van der Waals surface area contributed by atoms with Crippen molar-refractivity contribution in [3.8, 4) is 0 Å². The summed E-state index contributed by atoms with van der Waals surface area (Å²) in [6, 6.07) is 7.18. The number of sulfonamides is 1. The second-order valence-electron chi connectivity index (χ2n) is 7.92. The summed E-state index contributed by atoms with van der Waals surface area (Å²) in [5.41, 5.74) is 0.0355. The van der Waals surface area contributed by atoms with E-state index in [0.29, 0.717) is 19.2 Å². The molecule has 0 N–H and O–H groups in total. The van der Waals surface area contributed by atoms with E-state index in [0.717, 1.165) is 36.7 Å². The van der Waals surface area contributed by atoms with Crippen LogP contribution in [-0.2, 0) is 26.1 Å². The van der Waals surface area contributed by atoms with Crippen LogP contribution < -0.4 is 4.80 Å². The van der Waals surface area contributed by atoms with E-state index in [1.165, 1.54) is 33.1 Å². The number of esters is 1. The van der Waals surface area contributed by atoms with Gasteiger partial charge in [-0.15, -0.1) is 0 Å². The van der Waals surface area contributed by atoms with E-state index in [4.69, 9.17) is 4.74 Å². The molecule has 1 amide bonds. The van der Waals surface area contributed by atoms with Crippen LogP contribution in [0.4, 0.5) is 8.78 Å². The number of carbonyl (C=O) groups excluding carboxylic acids is 2. The van der Waals surface area contributed by atoms with Crippen molar-refractivity contribution in [3.05, 3.63) is 58.4 Å². The number of nitrogens with zero attached hydrogens (tertiary/aromatic N) is 3. The first-order chi connectivity index (χ1) is 16.7. The van der Waals surface area contributed by atoms with Gasteiger partial charge in [0.2, 0.25) is 10.0 Å². The molecule has 3 aromatic rings. The Labute approximate surface area is 204 Å². The molecule has 1 aromatic heterocycles. The summed E-state index contributed by atoms with van der Waals surface area (Å²) in [5.74, 6) is -3.10. The molecule has 35 heavy (non-hydrogen) atoms. The Morgan fingerprint density at radius 1 is 1.09 bits per heavy atom. The summed E-state index contributed by atoms with van der Waals surface area (Å²) in [7, 11) is -3.65. The third-order valence-corrected chi connectivity index (χ3v) is 8.48. The van der Waals surface area contributed by atoms with Gasteiger partial charge in [0.1, 0.15) is 12.4 Å². The van der Waals surface area contributed by atoms with Crippen molar-refractivity contribution in [2.24, 2.45) is 4.99 Å². The maximum atomic E-state index is 14.5. The fourth-order valence-corrected chi connectivity index (χ4v) is 6.46. The maximum absolute atomic E-state index is 14.5. The van der Waals surface area contributed by atoms with Crippen LogP contribution in [0.3, 0.4) is 0 Å². The van der Waals surface area contributed by atoms with Crippen LogP contribution in [0.5, 0.6) is 0 Å². The molecule has 12 heteroatoms. The first-order valence-corrected chi connectivity index (χ1v) is 13.3. The van der Waals surface area contributed by atoms with Gasteiger partial charge in [0, 0.05) is 24.7 Å². The van der Waals surface area contributed by atoms with E-state index in [9.17, 15) is 26.8 Å². The molecule has 0 aliphatic carbocycles. The minimum Gasteiger partial charge on any atom is -0.465 e. The molecule has 0 unspecified atom stereocenters. The average Bonchev–Trinajstić information content (AvgIpc) is 3.16. The van der Waals surface area contributed by atoms with Crippen LogP contribution in [-0.4, -0.2) is 48.9 Å². The van der Waals surface area contributed by atoms with Gasteiger partial charge in [0.05, 0.1) is 21.7 Å². The zero-order valence-electron chi connectivity index (χ0n) is 18.9. The largest absolute Gasteiger partial charge is 0.465 e. The second-order valence-corrected chi connectivity index (χ2v) is 10.9. The Hall–Kier alpha value is -2.96. The smallest absolute Gasteiger partial charge is 0.326 e. The number of amides is 1. The van der Waals surface area contributed by atoms with Gasteiger partial charge in [-0.3, -0.25) is 9.59 Å². The summed E-state index contributed by atoms with van der Waals surface area (Å²) in [6.45, 7) is 2.23. The maximum Gasteiger partial charge on any atom is 0.326 e. The summed E-state index contributed by atoms with van der Waals surface area (Å²) in [4.78, 5) is 29.0. The molecule has 2 heterocycles. The van der Waals surface area contributed by atoms with Crippen molar-refractivity contribution in [1.82, 2.24) is 8.87 Å². The number of hydrogen-bond acceptors (Lipinski definition) is 6. The van der Waals surface area contributed by atoms with E-state index < -0.39 is 40.1 Å². The predicted octanol–water partition coefficient (Wildman–Crippen LogP) is 3.46. The van der Waals surface area contributed by atoms with Gasteiger partial charge in [-0.05, 0) is 50.1 Å². The Balaban J connectivity index is 1.69. The number of aromatic nitrogens is 1. The molecule has 8 nitrogen and oxygen atoms in total. The lowest BCUT2D eigenvalue weighted by Gasteiger charge is -2.25. The minimum atomic E-state index is -3.65. The van der Waals surface area contributed by atoms with Crippen LogP contribution >= 0.6 is 11.3 Å². The van der Waals surface area contributed by atoms with Gasteiger partial charge in [-0.1, -0.05) is 17.8 Å². The molecular weight excluding hydrogens is 500 g/mol. The molecule has 2 aromatic carbocycles. The van der Waals surface area contributed by atoms with Crippen molar-refractivity contribution in [3.63, 3.8) is 0 Å². The summed E-state index contributed by atoms with van der Waals surface area (Å²) in [6.07, 6.45) is 2.60. The Bertz CT molecular complexity index is 1440. The lowest BCUT2D eigenvalue weighted by molar-refractivity contribution is -0.143. The zero-order chi connectivity index (χ0) is 25.2. The number of fused-ring (bicyclic) bond motifs is 1. The molecule has 0 bridgehead atoms. The van der Waals surface area contributed by atoms with Crippen molar-refractivity contribution in [1.29, 1.82) is 0 Å². The number of carbonyl (C=O) groups is 2. The average molecular weight is 524 g/mol. The van der Waals surface area contributed by atoms with Crippen LogP contribution in [0.1, 0.15) is 36.5 Å². The Morgan fingerprint density at radius 3 is 2.43 bits per heavy atom. The molecule has 1 aliphatic heterocycles. The van der Waals surface area contributed by atoms with Gasteiger partial charge in [0.25, 0.3) is 5.91 Å². The highest BCUT2D eigenvalue weighted by molar-refractivity contribution is 7.89. The van der Waals surface area contributed by atoms with Crippen LogP contribution in [0.2, 0.25) is 0 Å². The number of benzene rings is 2. The normalized spacial score (nSPS) is 15.5. The molecule has 0 saturated carbocycles. The quantitative estimate of drug-likeness (QED) is 0.461. The van der Waals surface area contributed by atoms with Crippen molar-refractivity contribution in [2.75, 3.05) is 19.7 Å². The molecule has 1 saturated heterocycles. The Kier molecular flexibility index (Phi) is 7.43. The molecule has 186 valence electrons. The second kappa shape index (κ2) is 10.3. The lowest BCUT2D eigenvalue weighted by atomic mass is 10.2. The first kappa shape index (κ1) is 25.1. The van der Waals surface area contributed by atoms with Crippen molar-refractivity contribution in [2.45, 2.75) is 37.6 Å². The molecule has 0 atom stereocenters. The van der Waals surface area contributed by atoms with Crippen molar-refractivity contribution >= 4 is 43.5 Å². The van der Waals surface area contributed by atoms with Crippen LogP contribution in [0.15, 0.2) is 46.3 Å². The third kappa shape index (κ3) is 5.34. The van der Waals surface area contributed by atoms with Crippen LogP contribution in [0, 0.1) is 11.6 Å². The van der Waals surface area contributed by atoms with Gasteiger partial charge < -0.3 is 9.30 Å². The highest BCUT2D eigenvalue weighted by atomic mass is 32.2. The molecule has 0 spiro atoms. The number of ether oxygens (including phenoxy) is 1. The number of thiazole rings is 1. The standard InChI is InChI=1S/C23H23F2N3O5S2/c1-2-33-20(29)14-28-21-18(25)12-16(24)13-19(21)34-23(28)26-22(30)15-6-8-17(9-7-15)35(31,32)27-10-4-3-5-11-27/h6-9,12-13H,2-5,10-11,14H2,1H3. The van der Waals surface area contributed by atoms with Gasteiger partial charge in [0.15, 0.2) is 10.6 Å². The fourth-order valence-electron chi connectivity index (χ4n) is 3.87. The number of piperidine rings is 1. The Morgan fingerprint density at radius 2 is 1.77 bits per heavy atom. The number of halogens is 2. The number of rotatable bonds is 6. The first-order valence-electron chi connectivity index (χ1n) is 11.0. The molecule has 0 radical (unpaired) electrons. The fraction of sp³-hybridized carbons (Fsp3) is 0.348. The minimum absolute atomic E-state index is 0.0208. The number of hydrogen-bond donors (Lipinski definition) is 0. The molecule has 4 rings (SSSR count). The van der Waals surface area contributed by atoms with Gasteiger partial charge >= 0.3 is 5.97 Å². The van der Waals surface area contributed by atoms with Crippen LogP contribution in [0.25, 0.3) is 10.2 Å². The molecular formula is C23H23F2N3O5S2. The van der Waals surface area contributed by atoms with Gasteiger partial charge in [-0.2, -0.15) is 9.30 Å². The van der Waals surface area contributed by atoms with E-state index in [-0.39, 0.29) is 32.1 Å². The zero-order valence-corrected chi connectivity index (χ0v) is 20.5. The van der Waals surface area contributed by atoms with Crippen molar-refractivity contribution < 1.29 is 31.5 Å². The highest BCUT2D eigenvalue weighted by Crippen LogP contribution is 2.23. The molecule has 1 aliphatic rings. The van der Waals surface area contributed by atoms with E-state index in [2.05, 4.69) is 4.99 Å². The van der Waals surface area contributed by atoms with E-state index in [1.807, 2.05) is 0 Å². The topological polar surface area (TPSA) is 98.0 Å². The summed E-state index contributed by atoms with van der Waals surface area (Å²) in [5, 5.41) is 0. The van der Waals surface area contributed by atoms with Gasteiger partial charge in [-0.25, -0.2) is 17.2 Å². The SMILES string of the molecule is CCOC(=O)Cn1c(=NC(=O)c2ccc(S(=O)(=O)N3CCCCC3)cc2)sc2cc(F)cc(F)c21. The summed E-state index contributed by atoms with van der Waals surface area (Å²) >= 11 is 0.847. The van der Waals surface area contributed by atoms with E-state index in [1.54, 1.807) is 6.92 Å². The summed E-state index contributed by atoms with van der Waals surface area (Å²) < 4.78 is 61.6. The third-order valence-electron chi connectivity index (χ3n) is 5.54. The lowest BCUT2D eigenvalue weighted by Crippen LogP contribution is -2.35.